The van der Waals surface area contributed by atoms with Crippen LogP contribution in [-0.4, -0.2) is 49.1 Å². The molecule has 2 amide bonds. The Hall–Kier alpha value is -4.93. The maximum absolute atomic E-state index is 15.4. The summed E-state index contributed by atoms with van der Waals surface area (Å²) in [6.45, 7) is 1.63. The van der Waals surface area contributed by atoms with Crippen molar-refractivity contribution in [3.05, 3.63) is 79.2 Å². The highest BCUT2D eigenvalue weighted by molar-refractivity contribution is 5.93. The van der Waals surface area contributed by atoms with Crippen molar-refractivity contribution in [1.82, 2.24) is 23.6 Å². The summed E-state index contributed by atoms with van der Waals surface area (Å²) < 4.78 is 45.9. The molecule has 4 aromatic rings. The van der Waals surface area contributed by atoms with E-state index in [0.717, 1.165) is 41.0 Å². The highest BCUT2D eigenvalue weighted by Gasteiger charge is 2.30. The normalized spacial score (nSPS) is 17.6. The molecule has 0 bridgehead atoms. The van der Waals surface area contributed by atoms with E-state index in [4.69, 9.17) is 5.26 Å². The Morgan fingerprint density at radius 1 is 1.11 bits per heavy atom. The topological polar surface area (TPSA) is 135 Å². The van der Waals surface area contributed by atoms with Crippen molar-refractivity contribution >= 4 is 33.5 Å². The van der Waals surface area contributed by atoms with Gasteiger partial charge >= 0.3 is 11.7 Å². The monoisotopic (exact) mass is 607 g/mol. The van der Waals surface area contributed by atoms with Crippen LogP contribution in [0.1, 0.15) is 50.3 Å². The fourth-order valence-electron chi connectivity index (χ4n) is 5.75. The highest BCUT2D eigenvalue weighted by Crippen LogP contribution is 2.31. The maximum Gasteiger partial charge on any atom is 0.331 e. The quantitative estimate of drug-likeness (QED) is 0.352. The van der Waals surface area contributed by atoms with Gasteiger partial charge in [-0.1, -0.05) is 0 Å². The minimum atomic E-state index is -2.95. The van der Waals surface area contributed by atoms with Crippen LogP contribution in [-0.2, 0) is 6.54 Å². The van der Waals surface area contributed by atoms with Crippen molar-refractivity contribution < 1.29 is 18.0 Å². The summed E-state index contributed by atoms with van der Waals surface area (Å²) in [5, 5.41) is 11.8. The summed E-state index contributed by atoms with van der Waals surface area (Å²) in [5.41, 5.74) is -1.86. The molecule has 0 radical (unpaired) electrons. The molecule has 1 aliphatic heterocycles. The lowest BCUT2D eigenvalue weighted by Crippen LogP contribution is -2.45. The molecule has 228 valence electrons. The van der Waals surface area contributed by atoms with Gasteiger partial charge in [0.05, 0.1) is 57.5 Å². The van der Waals surface area contributed by atoms with Crippen LogP contribution >= 0.6 is 0 Å². The third kappa shape index (κ3) is 5.23. The first kappa shape index (κ1) is 29.2. The molecule has 14 heteroatoms. The number of carbonyl (C=O) groups is 1. The Labute approximate surface area is 247 Å². The number of likely N-dealkylation sites (tertiary alicyclic amines) is 1. The van der Waals surface area contributed by atoms with Gasteiger partial charge in [0.15, 0.2) is 0 Å². The van der Waals surface area contributed by atoms with E-state index in [-0.39, 0.29) is 41.2 Å². The molecule has 2 aliphatic rings. The number of nitrogens with one attached hydrogen (secondary N) is 1. The lowest BCUT2D eigenvalue weighted by atomic mass is 10.1. The Morgan fingerprint density at radius 3 is 2.59 bits per heavy atom. The van der Waals surface area contributed by atoms with Gasteiger partial charge < -0.3 is 10.2 Å². The molecule has 44 heavy (non-hydrogen) atoms. The van der Waals surface area contributed by atoms with Gasteiger partial charge in [-0.2, -0.15) is 5.26 Å². The standard InChI is InChI=1S/C30H28F3N7O4/c1-16(26(32)33)40-25-11-22(31)24(10-21(25)28(42)38(30(40)44)13-17-4-5-17)36-29(43)37-8-2-3-19(14-37)39-15-35-23-9-18(12-34)6-7-20(23)27(39)41/h6-7,9-11,15-17,19,26H,2-5,8,13-14H2,1H3,(H,36,43). The highest BCUT2D eigenvalue weighted by atomic mass is 19.3. The first-order chi connectivity index (χ1) is 21.1. The third-order valence-corrected chi connectivity index (χ3v) is 8.40. The number of aromatic nitrogens is 4. The van der Waals surface area contributed by atoms with Crippen molar-refractivity contribution in [3.63, 3.8) is 0 Å². The van der Waals surface area contributed by atoms with Gasteiger partial charge in [-0.25, -0.2) is 27.7 Å². The molecule has 1 N–H and O–H groups in total. The molecule has 2 fully saturated rings. The van der Waals surface area contributed by atoms with E-state index < -0.39 is 41.6 Å². The number of rotatable bonds is 6. The first-order valence-electron chi connectivity index (χ1n) is 14.3. The SMILES string of the molecule is CC(C(F)F)n1c(=O)n(CC2CC2)c(=O)c2cc(NC(=O)N3CCCC(n4cnc5cc(C#N)ccc5c4=O)C3)c(F)cc21. The lowest BCUT2D eigenvalue weighted by molar-refractivity contribution is 0.0904. The molecule has 1 saturated heterocycles. The van der Waals surface area contributed by atoms with E-state index in [1.54, 1.807) is 0 Å². The van der Waals surface area contributed by atoms with Gasteiger partial charge in [0.2, 0.25) is 0 Å². The molecule has 2 unspecified atom stereocenters. The first-order valence-corrected chi connectivity index (χ1v) is 14.3. The van der Waals surface area contributed by atoms with Crippen molar-refractivity contribution in [2.24, 2.45) is 5.92 Å². The van der Waals surface area contributed by atoms with Crippen molar-refractivity contribution in [1.29, 1.82) is 5.26 Å². The Balaban J connectivity index is 1.30. The van der Waals surface area contributed by atoms with E-state index >= 15 is 4.39 Å². The van der Waals surface area contributed by atoms with E-state index in [9.17, 15) is 28.0 Å². The molecule has 0 spiro atoms. The van der Waals surface area contributed by atoms with Gasteiger partial charge in [-0.15, -0.1) is 0 Å². The van der Waals surface area contributed by atoms with E-state index in [0.29, 0.717) is 35.9 Å². The zero-order valence-corrected chi connectivity index (χ0v) is 23.7. The number of alkyl halides is 2. The fraction of sp³-hybridized carbons (Fsp3) is 0.400. The number of urea groups is 1. The number of halogens is 3. The summed E-state index contributed by atoms with van der Waals surface area (Å²) in [7, 11) is 0. The van der Waals surface area contributed by atoms with E-state index in [2.05, 4.69) is 10.3 Å². The molecule has 6 rings (SSSR count). The van der Waals surface area contributed by atoms with Crippen LogP contribution in [0.4, 0.5) is 23.7 Å². The number of amides is 2. The third-order valence-electron chi connectivity index (χ3n) is 8.40. The summed E-state index contributed by atoms with van der Waals surface area (Å²) in [5.74, 6) is -0.916. The number of piperidine rings is 1. The van der Waals surface area contributed by atoms with Crippen LogP contribution in [0.2, 0.25) is 0 Å². The average Bonchev–Trinajstić information content (AvgIpc) is 3.84. The zero-order valence-electron chi connectivity index (χ0n) is 23.7. The van der Waals surface area contributed by atoms with Gasteiger partial charge in [0.1, 0.15) is 5.82 Å². The van der Waals surface area contributed by atoms with Crippen LogP contribution in [0.15, 0.2) is 51.0 Å². The van der Waals surface area contributed by atoms with Crippen LogP contribution in [0.25, 0.3) is 21.8 Å². The van der Waals surface area contributed by atoms with Gasteiger partial charge in [0, 0.05) is 25.7 Å². The summed E-state index contributed by atoms with van der Waals surface area (Å²) in [6.07, 6.45) is 1.17. The predicted molar refractivity (Wildman–Crippen MR) is 155 cm³/mol. The number of nitriles is 1. The Bertz CT molecular complexity index is 2030. The molecule has 2 atom stereocenters. The maximum atomic E-state index is 15.4. The number of anilines is 1. The smallest absolute Gasteiger partial charge is 0.322 e. The summed E-state index contributed by atoms with van der Waals surface area (Å²) in [4.78, 5) is 58.7. The number of carbonyl (C=O) groups excluding carboxylic acids is 1. The molecule has 2 aromatic heterocycles. The summed E-state index contributed by atoms with van der Waals surface area (Å²) >= 11 is 0. The van der Waals surface area contributed by atoms with Crippen molar-refractivity contribution in [2.75, 3.05) is 18.4 Å². The summed E-state index contributed by atoms with van der Waals surface area (Å²) in [6, 6.07) is 5.78. The lowest BCUT2D eigenvalue weighted by Gasteiger charge is -2.33. The number of nitrogens with zero attached hydrogens (tertiary/aromatic N) is 6. The van der Waals surface area contributed by atoms with Gasteiger partial charge in [-0.05, 0) is 62.8 Å². The Morgan fingerprint density at radius 2 is 1.89 bits per heavy atom. The zero-order chi connectivity index (χ0) is 31.3. The fourth-order valence-corrected chi connectivity index (χ4v) is 5.75. The van der Waals surface area contributed by atoms with E-state index in [1.807, 2.05) is 6.07 Å². The molecule has 2 aromatic carbocycles. The van der Waals surface area contributed by atoms with Crippen molar-refractivity contribution in [2.45, 2.75) is 57.7 Å². The van der Waals surface area contributed by atoms with Crippen LogP contribution in [0.3, 0.4) is 0 Å². The van der Waals surface area contributed by atoms with Crippen LogP contribution in [0.5, 0.6) is 0 Å². The molecule has 1 aliphatic carbocycles. The van der Waals surface area contributed by atoms with Crippen LogP contribution < -0.4 is 22.1 Å². The molecule has 1 saturated carbocycles. The van der Waals surface area contributed by atoms with Crippen LogP contribution in [0, 0.1) is 23.1 Å². The predicted octanol–water partition coefficient (Wildman–Crippen LogP) is 3.99. The number of fused-ring (bicyclic) bond motifs is 2. The minimum Gasteiger partial charge on any atom is -0.322 e. The van der Waals surface area contributed by atoms with Gasteiger partial charge in [-0.3, -0.25) is 23.3 Å². The molecular weight excluding hydrogens is 579 g/mol. The number of benzene rings is 2. The van der Waals surface area contributed by atoms with Gasteiger partial charge in [0.25, 0.3) is 17.5 Å². The molecule has 3 heterocycles. The second kappa shape index (κ2) is 11.3. The largest absolute Gasteiger partial charge is 0.331 e. The number of hydrogen-bond donors (Lipinski definition) is 1. The second-order valence-corrected chi connectivity index (χ2v) is 11.4. The second-order valence-electron chi connectivity index (χ2n) is 11.4. The Kier molecular flexibility index (Phi) is 7.48. The molecular formula is C30H28F3N7O4. The van der Waals surface area contributed by atoms with Crippen molar-refractivity contribution in [3.8, 4) is 6.07 Å². The average molecular weight is 608 g/mol. The van der Waals surface area contributed by atoms with E-state index in [1.165, 1.54) is 34.0 Å². The molecule has 11 nitrogen and oxygen atoms in total. The number of hydrogen-bond acceptors (Lipinski definition) is 6. The minimum absolute atomic E-state index is 0.0697.